The zero-order valence-electron chi connectivity index (χ0n) is 12.3. The van der Waals surface area contributed by atoms with Crippen LogP contribution in [0.1, 0.15) is 25.0 Å². The van der Waals surface area contributed by atoms with E-state index in [4.69, 9.17) is 4.52 Å². The molecule has 2 fully saturated rings. The lowest BCUT2D eigenvalue weighted by Gasteiger charge is -2.26. The van der Waals surface area contributed by atoms with Gasteiger partial charge in [0.2, 0.25) is 10.0 Å². The van der Waals surface area contributed by atoms with Gasteiger partial charge in [-0.3, -0.25) is 0 Å². The van der Waals surface area contributed by atoms with Crippen LogP contribution in [0.5, 0.6) is 0 Å². The van der Waals surface area contributed by atoms with Gasteiger partial charge in [-0.15, -0.1) is 0 Å². The van der Waals surface area contributed by atoms with Crippen LogP contribution in [0.15, 0.2) is 21.7 Å². The molecule has 2 bridgehead atoms. The molecular formula is C14H18N4O3S. The number of aryl methyl sites for hydroxylation is 1. The van der Waals surface area contributed by atoms with Gasteiger partial charge in [0.25, 0.3) is 5.71 Å². The summed E-state index contributed by atoms with van der Waals surface area (Å²) in [6, 6.07) is 1.75. The zero-order chi connectivity index (χ0) is 15.3. The van der Waals surface area contributed by atoms with E-state index in [0.717, 1.165) is 32.4 Å². The molecule has 0 amide bonds. The van der Waals surface area contributed by atoms with E-state index in [1.807, 2.05) is 0 Å². The number of nitrogens with one attached hydrogen (secondary N) is 1. The first-order valence-corrected chi connectivity index (χ1v) is 8.97. The van der Waals surface area contributed by atoms with Crippen molar-refractivity contribution in [2.75, 3.05) is 13.1 Å². The van der Waals surface area contributed by atoms with Crippen molar-refractivity contribution >= 4 is 21.1 Å². The summed E-state index contributed by atoms with van der Waals surface area (Å²) < 4.78 is 32.9. The van der Waals surface area contributed by atoms with Gasteiger partial charge in [-0.05, 0) is 38.8 Å². The number of nitrogens with zero attached hydrogens (tertiary/aromatic N) is 3. The Morgan fingerprint density at radius 3 is 3.00 bits per heavy atom. The third kappa shape index (κ3) is 2.05. The first-order chi connectivity index (χ1) is 10.6. The van der Waals surface area contributed by atoms with Crippen molar-refractivity contribution in [3.8, 4) is 0 Å². The Labute approximate surface area is 128 Å². The summed E-state index contributed by atoms with van der Waals surface area (Å²) in [6.45, 7) is 3.37. The summed E-state index contributed by atoms with van der Waals surface area (Å²) >= 11 is 0. The normalized spacial score (nSPS) is 26.4. The van der Waals surface area contributed by atoms with Gasteiger partial charge in [-0.2, -0.15) is 4.31 Å². The van der Waals surface area contributed by atoms with E-state index in [1.165, 1.54) is 6.20 Å². The molecule has 2 saturated heterocycles. The molecule has 0 saturated carbocycles. The van der Waals surface area contributed by atoms with E-state index >= 15 is 0 Å². The molecule has 4 rings (SSSR count). The molecule has 2 unspecified atom stereocenters. The van der Waals surface area contributed by atoms with E-state index in [1.54, 1.807) is 17.3 Å². The molecule has 7 nitrogen and oxygen atoms in total. The monoisotopic (exact) mass is 322 g/mol. The maximum atomic E-state index is 13.1. The van der Waals surface area contributed by atoms with Crippen molar-refractivity contribution < 1.29 is 12.9 Å². The molecule has 2 aliphatic rings. The highest BCUT2D eigenvalue weighted by atomic mass is 32.2. The van der Waals surface area contributed by atoms with Crippen LogP contribution in [0.2, 0.25) is 0 Å². The van der Waals surface area contributed by atoms with Crippen molar-refractivity contribution in [1.82, 2.24) is 19.8 Å². The van der Waals surface area contributed by atoms with E-state index in [0.29, 0.717) is 16.8 Å². The Bertz CT molecular complexity index is 803. The van der Waals surface area contributed by atoms with Crippen LogP contribution < -0.4 is 5.32 Å². The van der Waals surface area contributed by atoms with Crippen LogP contribution in [0, 0.1) is 6.92 Å². The minimum Gasteiger partial charge on any atom is -0.336 e. The third-order valence-electron chi connectivity index (χ3n) is 4.65. The second-order valence-corrected chi connectivity index (χ2v) is 7.85. The summed E-state index contributed by atoms with van der Waals surface area (Å²) in [6.07, 6.45) is 4.09. The lowest BCUT2D eigenvalue weighted by molar-refractivity contribution is 0.334. The van der Waals surface area contributed by atoms with E-state index in [-0.39, 0.29) is 17.0 Å². The summed E-state index contributed by atoms with van der Waals surface area (Å²) in [5.41, 5.74) is 1.03. The topological polar surface area (TPSA) is 88.3 Å². The number of fused-ring (bicyclic) bond motifs is 3. The average Bonchev–Trinajstić information content (AvgIpc) is 2.98. The van der Waals surface area contributed by atoms with Gasteiger partial charge in [-0.25, -0.2) is 13.4 Å². The van der Waals surface area contributed by atoms with Crippen LogP contribution in [-0.2, 0) is 10.0 Å². The Hall–Kier alpha value is -1.51. The highest BCUT2D eigenvalue weighted by Crippen LogP contribution is 2.34. The lowest BCUT2D eigenvalue weighted by atomic mass is 10.1. The SMILES string of the molecule is Cc1noc2ncc(S(=O)(=O)N3C4CCNCC3CC4)cc12. The molecule has 8 heteroatoms. The molecule has 4 heterocycles. The van der Waals surface area contributed by atoms with Gasteiger partial charge < -0.3 is 9.84 Å². The second-order valence-electron chi connectivity index (χ2n) is 6.00. The molecule has 0 radical (unpaired) electrons. The smallest absolute Gasteiger partial charge is 0.257 e. The molecule has 2 aromatic rings. The maximum absolute atomic E-state index is 13.1. The summed E-state index contributed by atoms with van der Waals surface area (Å²) in [4.78, 5) is 4.33. The van der Waals surface area contributed by atoms with Crippen molar-refractivity contribution in [1.29, 1.82) is 0 Å². The highest BCUT2D eigenvalue weighted by molar-refractivity contribution is 7.89. The molecule has 0 aliphatic carbocycles. The Balaban J connectivity index is 1.80. The molecule has 22 heavy (non-hydrogen) atoms. The number of hydrogen-bond acceptors (Lipinski definition) is 6. The number of sulfonamides is 1. The average molecular weight is 322 g/mol. The predicted molar refractivity (Wildman–Crippen MR) is 79.9 cm³/mol. The van der Waals surface area contributed by atoms with Gasteiger partial charge >= 0.3 is 0 Å². The minimum absolute atomic E-state index is 0.0387. The third-order valence-corrected chi connectivity index (χ3v) is 6.62. The molecule has 118 valence electrons. The lowest BCUT2D eigenvalue weighted by Crippen LogP contribution is -2.42. The fourth-order valence-corrected chi connectivity index (χ4v) is 5.39. The van der Waals surface area contributed by atoms with E-state index in [2.05, 4.69) is 15.5 Å². The van der Waals surface area contributed by atoms with Crippen molar-refractivity contribution in [2.45, 2.75) is 43.2 Å². The number of rotatable bonds is 2. The maximum Gasteiger partial charge on any atom is 0.257 e. The van der Waals surface area contributed by atoms with Crippen molar-refractivity contribution in [3.05, 3.63) is 18.0 Å². The molecule has 0 aromatic carbocycles. The Morgan fingerprint density at radius 2 is 2.14 bits per heavy atom. The number of hydrogen-bond donors (Lipinski definition) is 1. The highest BCUT2D eigenvalue weighted by Gasteiger charge is 2.43. The second kappa shape index (κ2) is 5.00. The van der Waals surface area contributed by atoms with E-state index < -0.39 is 10.0 Å². The van der Waals surface area contributed by atoms with Crippen LogP contribution in [0.3, 0.4) is 0 Å². The van der Waals surface area contributed by atoms with Gasteiger partial charge in [-0.1, -0.05) is 5.16 Å². The first-order valence-electron chi connectivity index (χ1n) is 7.53. The largest absolute Gasteiger partial charge is 0.336 e. The van der Waals surface area contributed by atoms with E-state index in [9.17, 15) is 8.42 Å². The van der Waals surface area contributed by atoms with Crippen LogP contribution >= 0.6 is 0 Å². The van der Waals surface area contributed by atoms with Gasteiger partial charge in [0.1, 0.15) is 4.90 Å². The molecule has 0 spiro atoms. The fraction of sp³-hybridized carbons (Fsp3) is 0.571. The molecule has 2 aromatic heterocycles. The van der Waals surface area contributed by atoms with Gasteiger partial charge in [0, 0.05) is 18.6 Å². The minimum atomic E-state index is -3.55. The fourth-order valence-electron chi connectivity index (χ4n) is 3.52. The molecule has 1 N–H and O–H groups in total. The van der Waals surface area contributed by atoms with Gasteiger partial charge in [0.15, 0.2) is 0 Å². The zero-order valence-corrected chi connectivity index (χ0v) is 13.1. The summed E-state index contributed by atoms with van der Waals surface area (Å²) in [7, 11) is -3.55. The quantitative estimate of drug-likeness (QED) is 0.889. The Kier molecular flexibility index (Phi) is 3.21. The number of pyridine rings is 1. The molecule has 2 atom stereocenters. The van der Waals surface area contributed by atoms with Crippen molar-refractivity contribution in [3.63, 3.8) is 0 Å². The summed E-state index contributed by atoms with van der Waals surface area (Å²) in [5.74, 6) is 0. The first kappa shape index (κ1) is 14.1. The summed E-state index contributed by atoms with van der Waals surface area (Å²) in [5, 5.41) is 7.81. The molecular weight excluding hydrogens is 304 g/mol. The standard InChI is InChI=1S/C14H18N4O3S/c1-9-13-6-12(8-16-14(13)21-17-9)22(19,20)18-10-2-3-11(18)7-15-5-4-10/h6,8,10-11,15H,2-5,7H2,1H3. The van der Waals surface area contributed by atoms with Crippen LogP contribution in [0.25, 0.3) is 11.1 Å². The number of aromatic nitrogens is 2. The molecule has 2 aliphatic heterocycles. The van der Waals surface area contributed by atoms with Crippen molar-refractivity contribution in [2.24, 2.45) is 0 Å². The van der Waals surface area contributed by atoms with Gasteiger partial charge in [0.05, 0.1) is 17.3 Å². The van der Waals surface area contributed by atoms with Crippen LogP contribution in [-0.4, -0.2) is 48.0 Å². The predicted octanol–water partition coefficient (Wildman–Crippen LogP) is 1.05. The van der Waals surface area contributed by atoms with Crippen LogP contribution in [0.4, 0.5) is 0 Å². The Morgan fingerprint density at radius 1 is 1.32 bits per heavy atom.